The minimum absolute atomic E-state index is 0.0121. The van der Waals surface area contributed by atoms with E-state index in [1.807, 2.05) is 0 Å². The van der Waals surface area contributed by atoms with Crippen LogP contribution < -0.4 is 19.9 Å². The fourth-order valence-corrected chi connectivity index (χ4v) is 3.40. The summed E-state index contributed by atoms with van der Waals surface area (Å²) >= 11 is 0. The van der Waals surface area contributed by atoms with Crippen LogP contribution in [0.1, 0.15) is 19.3 Å². The molecule has 0 aromatic heterocycles. The van der Waals surface area contributed by atoms with E-state index >= 15 is 0 Å². The van der Waals surface area contributed by atoms with Crippen molar-refractivity contribution < 1.29 is 17.9 Å². The summed E-state index contributed by atoms with van der Waals surface area (Å²) in [5, 5.41) is 0. The van der Waals surface area contributed by atoms with Crippen molar-refractivity contribution in [2.24, 2.45) is 0 Å². The molecule has 7 heteroatoms. The van der Waals surface area contributed by atoms with Gasteiger partial charge in [0, 0.05) is 12.1 Å². The summed E-state index contributed by atoms with van der Waals surface area (Å²) in [4.78, 5) is 0.0419. The first-order valence-corrected chi connectivity index (χ1v) is 7.50. The first kappa shape index (κ1) is 14.0. The minimum atomic E-state index is -3.62. The third-order valence-corrected chi connectivity index (χ3v) is 4.77. The summed E-state index contributed by atoms with van der Waals surface area (Å²) in [6.07, 6.45) is 2.79. The first-order valence-electron chi connectivity index (χ1n) is 6.01. The van der Waals surface area contributed by atoms with Gasteiger partial charge in [-0.1, -0.05) is 6.42 Å². The Bertz CT molecular complexity index is 567. The van der Waals surface area contributed by atoms with Crippen LogP contribution in [0.4, 0.5) is 5.69 Å². The molecule has 1 aliphatic carbocycles. The molecule has 1 aromatic carbocycles. The number of sulfonamides is 1. The van der Waals surface area contributed by atoms with Crippen LogP contribution in [0.25, 0.3) is 0 Å². The van der Waals surface area contributed by atoms with E-state index in [9.17, 15) is 8.42 Å². The van der Waals surface area contributed by atoms with Crippen LogP contribution in [0.2, 0.25) is 0 Å². The van der Waals surface area contributed by atoms with E-state index in [1.165, 1.54) is 26.4 Å². The number of nitrogens with two attached hydrogens (primary N) is 1. The van der Waals surface area contributed by atoms with Gasteiger partial charge in [0.05, 0.1) is 19.9 Å². The standard InChI is InChI=1S/C12H18N2O4S/c1-17-10-7-11(18-2)12(6-9(10)13)19(15,16)14-8-4-3-5-8/h6-8,14H,3-5,13H2,1-2H3. The van der Waals surface area contributed by atoms with E-state index in [0.29, 0.717) is 5.75 Å². The van der Waals surface area contributed by atoms with Crippen molar-refractivity contribution in [2.75, 3.05) is 20.0 Å². The van der Waals surface area contributed by atoms with E-state index in [-0.39, 0.29) is 22.4 Å². The molecular formula is C12H18N2O4S. The molecule has 106 valence electrons. The predicted molar refractivity (Wildman–Crippen MR) is 71.9 cm³/mol. The first-order chi connectivity index (χ1) is 8.97. The largest absolute Gasteiger partial charge is 0.495 e. The molecule has 3 N–H and O–H groups in total. The zero-order valence-corrected chi connectivity index (χ0v) is 11.8. The zero-order valence-electron chi connectivity index (χ0n) is 11.0. The lowest BCUT2D eigenvalue weighted by molar-refractivity contribution is 0.376. The highest BCUT2D eigenvalue weighted by atomic mass is 32.2. The Kier molecular flexibility index (Phi) is 3.86. The summed E-state index contributed by atoms with van der Waals surface area (Å²) < 4.78 is 37.4. The number of anilines is 1. The number of nitrogen functional groups attached to an aromatic ring is 1. The molecule has 0 aliphatic heterocycles. The molecule has 1 saturated carbocycles. The molecule has 1 aromatic rings. The third-order valence-electron chi connectivity index (χ3n) is 3.23. The number of hydrogen-bond acceptors (Lipinski definition) is 5. The van der Waals surface area contributed by atoms with Crippen LogP contribution >= 0.6 is 0 Å². The molecule has 0 amide bonds. The second kappa shape index (κ2) is 5.26. The minimum Gasteiger partial charge on any atom is -0.495 e. The molecular weight excluding hydrogens is 268 g/mol. The molecule has 0 radical (unpaired) electrons. The van der Waals surface area contributed by atoms with Crippen molar-refractivity contribution >= 4 is 15.7 Å². The maximum atomic E-state index is 12.3. The Morgan fingerprint density at radius 1 is 1.21 bits per heavy atom. The Morgan fingerprint density at radius 3 is 2.32 bits per heavy atom. The molecule has 0 atom stereocenters. The van der Waals surface area contributed by atoms with Crippen LogP contribution in [0.5, 0.6) is 11.5 Å². The van der Waals surface area contributed by atoms with Crippen LogP contribution in [0.3, 0.4) is 0 Å². The van der Waals surface area contributed by atoms with Gasteiger partial charge in [0.1, 0.15) is 16.4 Å². The monoisotopic (exact) mass is 286 g/mol. The van der Waals surface area contributed by atoms with Crippen molar-refractivity contribution in [1.29, 1.82) is 0 Å². The van der Waals surface area contributed by atoms with E-state index in [0.717, 1.165) is 19.3 Å². The van der Waals surface area contributed by atoms with E-state index in [4.69, 9.17) is 15.2 Å². The molecule has 2 rings (SSSR count). The average Bonchev–Trinajstić information content (AvgIpc) is 2.34. The highest BCUT2D eigenvalue weighted by molar-refractivity contribution is 7.89. The second-order valence-corrected chi connectivity index (χ2v) is 6.18. The smallest absolute Gasteiger partial charge is 0.244 e. The number of ether oxygens (including phenoxy) is 2. The molecule has 0 heterocycles. The molecule has 0 unspecified atom stereocenters. The lowest BCUT2D eigenvalue weighted by atomic mass is 9.94. The highest BCUT2D eigenvalue weighted by Crippen LogP contribution is 2.34. The van der Waals surface area contributed by atoms with Crippen LogP contribution in [0, 0.1) is 0 Å². The maximum absolute atomic E-state index is 12.3. The molecule has 0 saturated heterocycles. The normalized spacial score (nSPS) is 15.9. The Morgan fingerprint density at radius 2 is 1.84 bits per heavy atom. The van der Waals surface area contributed by atoms with Gasteiger partial charge in [-0.05, 0) is 18.9 Å². The zero-order chi connectivity index (χ0) is 14.0. The molecule has 19 heavy (non-hydrogen) atoms. The number of hydrogen-bond donors (Lipinski definition) is 2. The molecule has 6 nitrogen and oxygen atoms in total. The summed E-state index contributed by atoms with van der Waals surface area (Å²) in [7, 11) is -0.747. The fourth-order valence-electron chi connectivity index (χ4n) is 1.91. The van der Waals surface area contributed by atoms with Gasteiger partial charge in [0.15, 0.2) is 0 Å². The predicted octanol–water partition coefficient (Wildman–Crippen LogP) is 1.12. The Balaban J connectivity index is 2.39. The average molecular weight is 286 g/mol. The number of benzene rings is 1. The number of nitrogens with one attached hydrogen (secondary N) is 1. The molecule has 0 spiro atoms. The third kappa shape index (κ3) is 2.76. The van der Waals surface area contributed by atoms with E-state index in [2.05, 4.69) is 4.72 Å². The van der Waals surface area contributed by atoms with Crippen LogP contribution in [-0.4, -0.2) is 28.7 Å². The lowest BCUT2D eigenvalue weighted by Crippen LogP contribution is -2.39. The maximum Gasteiger partial charge on any atom is 0.244 e. The molecule has 1 fully saturated rings. The van der Waals surface area contributed by atoms with Crippen molar-refractivity contribution in [3.8, 4) is 11.5 Å². The van der Waals surface area contributed by atoms with Gasteiger partial charge in [0.25, 0.3) is 0 Å². The van der Waals surface area contributed by atoms with Crippen molar-refractivity contribution in [2.45, 2.75) is 30.2 Å². The van der Waals surface area contributed by atoms with Crippen molar-refractivity contribution in [1.82, 2.24) is 4.72 Å². The molecule has 1 aliphatic rings. The van der Waals surface area contributed by atoms with Gasteiger partial charge in [0.2, 0.25) is 10.0 Å². The van der Waals surface area contributed by atoms with Gasteiger partial charge >= 0.3 is 0 Å². The summed E-state index contributed by atoms with van der Waals surface area (Å²) in [6, 6.07) is 2.85. The Hall–Kier alpha value is -1.47. The lowest BCUT2D eigenvalue weighted by Gasteiger charge is -2.26. The van der Waals surface area contributed by atoms with Crippen molar-refractivity contribution in [3.05, 3.63) is 12.1 Å². The number of methoxy groups -OCH3 is 2. The van der Waals surface area contributed by atoms with Crippen LogP contribution in [-0.2, 0) is 10.0 Å². The van der Waals surface area contributed by atoms with Crippen LogP contribution in [0.15, 0.2) is 17.0 Å². The fraction of sp³-hybridized carbons (Fsp3) is 0.500. The van der Waals surface area contributed by atoms with Gasteiger partial charge in [-0.2, -0.15) is 0 Å². The summed E-state index contributed by atoms with van der Waals surface area (Å²) in [5.74, 6) is 0.609. The van der Waals surface area contributed by atoms with Gasteiger partial charge in [-0.25, -0.2) is 13.1 Å². The Labute approximate surface area is 112 Å². The SMILES string of the molecule is COc1cc(OC)c(S(=O)(=O)NC2CCC2)cc1N. The topological polar surface area (TPSA) is 90.6 Å². The van der Waals surface area contributed by atoms with E-state index in [1.54, 1.807) is 0 Å². The van der Waals surface area contributed by atoms with Gasteiger partial charge < -0.3 is 15.2 Å². The number of rotatable bonds is 5. The molecule has 0 bridgehead atoms. The summed E-state index contributed by atoms with van der Waals surface area (Å²) in [6.45, 7) is 0. The van der Waals surface area contributed by atoms with Gasteiger partial charge in [-0.15, -0.1) is 0 Å². The quantitative estimate of drug-likeness (QED) is 0.791. The van der Waals surface area contributed by atoms with Gasteiger partial charge in [-0.3, -0.25) is 0 Å². The van der Waals surface area contributed by atoms with Crippen molar-refractivity contribution in [3.63, 3.8) is 0 Å². The summed E-state index contributed by atoms with van der Waals surface area (Å²) in [5.41, 5.74) is 6.02. The second-order valence-electron chi connectivity index (χ2n) is 4.49. The highest BCUT2D eigenvalue weighted by Gasteiger charge is 2.27. The van der Waals surface area contributed by atoms with E-state index < -0.39 is 10.0 Å².